The second kappa shape index (κ2) is 10.5. The summed E-state index contributed by atoms with van der Waals surface area (Å²) in [6, 6.07) is 16.9. The van der Waals surface area contributed by atoms with E-state index in [1.54, 1.807) is 6.92 Å². The smallest absolute Gasteiger partial charge is 0.350 e. The number of aromatic nitrogens is 3. The van der Waals surface area contributed by atoms with Crippen molar-refractivity contribution in [1.82, 2.24) is 25.3 Å². The van der Waals surface area contributed by atoms with Gasteiger partial charge in [-0.2, -0.15) is 18.2 Å². The molecule has 2 aromatic heterocycles. The van der Waals surface area contributed by atoms with Gasteiger partial charge in [-0.3, -0.25) is 9.59 Å². The molecule has 43 heavy (non-hydrogen) atoms. The van der Waals surface area contributed by atoms with E-state index in [9.17, 15) is 27.2 Å². The van der Waals surface area contributed by atoms with Gasteiger partial charge in [0.05, 0.1) is 16.1 Å². The predicted octanol–water partition coefficient (Wildman–Crippen LogP) is 6.38. The quantitative estimate of drug-likeness (QED) is 0.208. The van der Waals surface area contributed by atoms with Gasteiger partial charge in [0.1, 0.15) is 17.1 Å². The van der Waals surface area contributed by atoms with E-state index in [-0.39, 0.29) is 6.54 Å². The van der Waals surface area contributed by atoms with Crippen LogP contribution in [0.2, 0.25) is 5.02 Å². The SMILES string of the molecule is Cc1nc(-c2c(Cl)c3ccccc3n2-c2ccc(CNC(=O)C3(NC(=O)c4ccc(F)c(C(F)(F)F)c4)CC3)cc2)no1. The highest BCUT2D eigenvalue weighted by Gasteiger charge is 2.51. The van der Waals surface area contributed by atoms with E-state index in [0.717, 1.165) is 28.2 Å². The summed E-state index contributed by atoms with van der Waals surface area (Å²) in [5.41, 5.74) is -0.269. The first-order valence-electron chi connectivity index (χ1n) is 13.1. The zero-order valence-corrected chi connectivity index (χ0v) is 23.2. The molecule has 1 aliphatic rings. The third kappa shape index (κ3) is 5.34. The number of carbonyl (C=O) groups excluding carboxylic acids is 2. The standard InChI is InChI=1S/C30H22ClF4N5O3/c1-16-37-26(39-43-16)25-24(31)20-4-2-3-5-23(20)40(25)19-9-6-17(7-10-19)15-36-28(42)29(12-13-29)38-27(41)18-8-11-22(32)21(14-18)30(33,34)35/h2-11,14H,12-13,15H2,1H3,(H,36,42)(H,38,41). The van der Waals surface area contributed by atoms with Gasteiger partial charge in [0, 0.05) is 30.1 Å². The van der Waals surface area contributed by atoms with Gasteiger partial charge >= 0.3 is 6.18 Å². The number of fused-ring (bicyclic) bond motifs is 1. The maximum absolute atomic E-state index is 13.6. The molecule has 0 bridgehead atoms. The number of hydrogen-bond donors (Lipinski definition) is 2. The summed E-state index contributed by atoms with van der Waals surface area (Å²) >= 11 is 6.74. The highest BCUT2D eigenvalue weighted by Crippen LogP contribution is 2.39. The molecule has 1 fully saturated rings. The lowest BCUT2D eigenvalue weighted by Gasteiger charge is -2.18. The summed E-state index contributed by atoms with van der Waals surface area (Å²) in [4.78, 5) is 30.0. The van der Waals surface area contributed by atoms with Gasteiger partial charge < -0.3 is 19.7 Å². The first-order valence-corrected chi connectivity index (χ1v) is 13.5. The van der Waals surface area contributed by atoms with Crippen molar-refractivity contribution in [2.24, 2.45) is 0 Å². The van der Waals surface area contributed by atoms with Gasteiger partial charge in [-0.1, -0.05) is 47.1 Å². The summed E-state index contributed by atoms with van der Waals surface area (Å²) in [6.07, 6.45) is -4.33. The number of alkyl halides is 3. The first-order chi connectivity index (χ1) is 20.5. The highest BCUT2D eigenvalue weighted by molar-refractivity contribution is 6.38. The van der Waals surface area contributed by atoms with Crippen molar-refractivity contribution in [1.29, 1.82) is 0 Å². The van der Waals surface area contributed by atoms with E-state index in [1.807, 2.05) is 53.1 Å². The molecule has 2 heterocycles. The van der Waals surface area contributed by atoms with E-state index in [4.69, 9.17) is 16.1 Å². The van der Waals surface area contributed by atoms with Crippen LogP contribution in [0.5, 0.6) is 0 Å². The van der Waals surface area contributed by atoms with Crippen molar-refractivity contribution in [3.8, 4) is 17.2 Å². The Balaban J connectivity index is 1.17. The minimum atomic E-state index is -4.96. The second-order valence-electron chi connectivity index (χ2n) is 10.2. The summed E-state index contributed by atoms with van der Waals surface area (Å²) in [6.45, 7) is 1.82. The average Bonchev–Trinajstić information content (AvgIpc) is 3.54. The molecule has 0 saturated heterocycles. The minimum absolute atomic E-state index is 0.135. The van der Waals surface area contributed by atoms with E-state index in [0.29, 0.717) is 47.4 Å². The lowest BCUT2D eigenvalue weighted by Crippen LogP contribution is -2.48. The van der Waals surface area contributed by atoms with Crippen molar-refractivity contribution < 1.29 is 31.7 Å². The Hall–Kier alpha value is -4.71. The van der Waals surface area contributed by atoms with Crippen LogP contribution in [0.15, 0.2) is 71.3 Å². The molecule has 220 valence electrons. The number of nitrogens with zero attached hydrogens (tertiary/aromatic N) is 3. The van der Waals surface area contributed by atoms with Crippen LogP contribution in [0.1, 0.15) is 40.2 Å². The highest BCUT2D eigenvalue weighted by atomic mass is 35.5. The molecule has 2 amide bonds. The topological polar surface area (TPSA) is 102 Å². The third-order valence-electron chi connectivity index (χ3n) is 7.27. The molecule has 13 heteroatoms. The average molecular weight is 612 g/mol. The van der Waals surface area contributed by atoms with E-state index < -0.39 is 40.5 Å². The summed E-state index contributed by atoms with van der Waals surface area (Å²) in [5.74, 6) is -2.12. The normalized spacial score (nSPS) is 14.1. The number of hydrogen-bond acceptors (Lipinski definition) is 5. The van der Waals surface area contributed by atoms with E-state index in [1.165, 1.54) is 0 Å². The van der Waals surface area contributed by atoms with Crippen LogP contribution in [0.25, 0.3) is 28.1 Å². The fourth-order valence-electron chi connectivity index (χ4n) is 4.88. The fourth-order valence-corrected chi connectivity index (χ4v) is 5.21. The molecule has 0 radical (unpaired) electrons. The number of benzene rings is 3. The molecular formula is C30H22ClF4N5O3. The maximum Gasteiger partial charge on any atom is 0.419 e. The van der Waals surface area contributed by atoms with Crippen molar-refractivity contribution in [3.05, 3.63) is 100 Å². The van der Waals surface area contributed by atoms with Gasteiger partial charge in [0.25, 0.3) is 5.91 Å². The predicted molar refractivity (Wildman–Crippen MR) is 149 cm³/mol. The lowest BCUT2D eigenvalue weighted by molar-refractivity contribution is -0.140. The molecule has 1 aliphatic carbocycles. The molecule has 1 saturated carbocycles. The van der Waals surface area contributed by atoms with Crippen molar-refractivity contribution in [2.75, 3.05) is 0 Å². The van der Waals surface area contributed by atoms with Crippen molar-refractivity contribution in [3.63, 3.8) is 0 Å². The van der Waals surface area contributed by atoms with Crippen LogP contribution in [0.4, 0.5) is 17.6 Å². The van der Waals surface area contributed by atoms with Gasteiger partial charge in [-0.25, -0.2) is 4.39 Å². The van der Waals surface area contributed by atoms with E-state index >= 15 is 0 Å². The van der Waals surface area contributed by atoms with Gasteiger partial charge in [-0.05, 0) is 54.8 Å². The van der Waals surface area contributed by atoms with Crippen molar-refractivity contribution >= 4 is 34.3 Å². The fraction of sp³-hybridized carbons (Fsp3) is 0.200. The molecule has 2 N–H and O–H groups in total. The molecule has 6 rings (SSSR count). The number of halogens is 5. The zero-order valence-electron chi connectivity index (χ0n) is 22.4. The van der Waals surface area contributed by atoms with Crippen LogP contribution in [0.3, 0.4) is 0 Å². The molecule has 5 aromatic rings. The maximum atomic E-state index is 13.6. The second-order valence-corrected chi connectivity index (χ2v) is 10.6. The Bertz CT molecular complexity index is 1880. The third-order valence-corrected chi connectivity index (χ3v) is 7.65. The Morgan fingerprint density at radius 1 is 1.07 bits per heavy atom. The van der Waals surface area contributed by atoms with Gasteiger partial charge in [0.2, 0.25) is 17.6 Å². The first kappa shape index (κ1) is 28.4. The Kier molecular flexibility index (Phi) is 6.96. The van der Waals surface area contributed by atoms with Crippen LogP contribution in [-0.4, -0.2) is 32.1 Å². The van der Waals surface area contributed by atoms with Crippen LogP contribution < -0.4 is 10.6 Å². The van der Waals surface area contributed by atoms with Crippen LogP contribution in [0, 0.1) is 12.7 Å². The molecule has 0 unspecified atom stereocenters. The van der Waals surface area contributed by atoms with Crippen LogP contribution >= 0.6 is 11.6 Å². The van der Waals surface area contributed by atoms with Gasteiger partial charge in [-0.15, -0.1) is 0 Å². The lowest BCUT2D eigenvalue weighted by atomic mass is 10.1. The number of nitrogens with one attached hydrogen (secondary N) is 2. The van der Waals surface area contributed by atoms with E-state index in [2.05, 4.69) is 20.8 Å². The molecule has 0 atom stereocenters. The summed E-state index contributed by atoms with van der Waals surface area (Å²) in [5, 5.41) is 10.6. The monoisotopic (exact) mass is 611 g/mol. The largest absolute Gasteiger partial charge is 0.419 e. The number of amides is 2. The molecule has 3 aromatic carbocycles. The molecule has 8 nitrogen and oxygen atoms in total. The van der Waals surface area contributed by atoms with Gasteiger partial charge in [0.15, 0.2) is 0 Å². The Labute approximate surface area is 246 Å². The Morgan fingerprint density at radius 2 is 1.79 bits per heavy atom. The number of rotatable bonds is 7. The molecular weight excluding hydrogens is 590 g/mol. The molecule has 0 aliphatic heterocycles. The number of para-hydroxylation sites is 1. The Morgan fingerprint density at radius 3 is 2.44 bits per heavy atom. The zero-order chi connectivity index (χ0) is 30.5. The number of aryl methyl sites for hydroxylation is 1. The minimum Gasteiger partial charge on any atom is -0.350 e. The summed E-state index contributed by atoms with van der Waals surface area (Å²) in [7, 11) is 0. The number of carbonyl (C=O) groups is 2. The summed E-state index contributed by atoms with van der Waals surface area (Å²) < 4.78 is 59.9. The van der Waals surface area contributed by atoms with Crippen molar-refractivity contribution in [2.45, 2.75) is 38.0 Å². The molecule has 0 spiro atoms. The van der Waals surface area contributed by atoms with Crippen LogP contribution in [-0.2, 0) is 17.5 Å².